The first-order valence-electron chi connectivity index (χ1n) is 6.70. The van der Waals surface area contributed by atoms with E-state index in [2.05, 4.69) is 43.1 Å². The zero-order chi connectivity index (χ0) is 12.0. The molecule has 0 bridgehead atoms. The highest BCUT2D eigenvalue weighted by Gasteiger charge is 2.33. The van der Waals surface area contributed by atoms with Crippen LogP contribution in [0.1, 0.15) is 52.9 Å². The predicted octanol–water partition coefficient (Wildman–Crippen LogP) is 2.53. The summed E-state index contributed by atoms with van der Waals surface area (Å²) in [7, 11) is 0. The van der Waals surface area contributed by atoms with Crippen LogP contribution in [0.2, 0.25) is 0 Å². The lowest BCUT2D eigenvalue weighted by Crippen LogP contribution is -2.61. The van der Waals surface area contributed by atoms with E-state index in [1.165, 1.54) is 32.1 Å². The number of unbranched alkanes of at least 4 members (excludes halogenated alkanes) is 1. The van der Waals surface area contributed by atoms with E-state index >= 15 is 0 Å². The Bertz CT molecular complexity index is 205. The van der Waals surface area contributed by atoms with Crippen molar-refractivity contribution in [3.63, 3.8) is 0 Å². The van der Waals surface area contributed by atoms with Gasteiger partial charge in [-0.05, 0) is 26.5 Å². The smallest absolute Gasteiger partial charge is 0.104 e. The fourth-order valence-corrected chi connectivity index (χ4v) is 2.69. The molecule has 0 spiro atoms. The highest BCUT2D eigenvalue weighted by Crippen LogP contribution is 2.24. The second-order valence-corrected chi connectivity index (χ2v) is 4.88. The number of hydrogen-bond acceptors (Lipinski definition) is 3. The lowest BCUT2D eigenvalue weighted by atomic mass is 9.86. The van der Waals surface area contributed by atoms with Gasteiger partial charge in [0.1, 0.15) is 6.17 Å². The lowest BCUT2D eigenvalue weighted by Gasteiger charge is -2.41. The van der Waals surface area contributed by atoms with Gasteiger partial charge in [-0.2, -0.15) is 0 Å². The molecule has 16 heavy (non-hydrogen) atoms. The minimum Gasteiger partial charge on any atom is -0.299 e. The maximum atomic E-state index is 4.26. The SMILES string of the molecule is C=NC1NC(C)NC(CCCC)C1CCC. The molecule has 1 fully saturated rings. The summed E-state index contributed by atoms with van der Waals surface area (Å²) in [5, 5.41) is 7.12. The molecule has 0 aromatic heterocycles. The van der Waals surface area contributed by atoms with Gasteiger partial charge in [0.25, 0.3) is 0 Å². The predicted molar refractivity (Wildman–Crippen MR) is 70.8 cm³/mol. The van der Waals surface area contributed by atoms with Gasteiger partial charge >= 0.3 is 0 Å². The van der Waals surface area contributed by atoms with E-state index in [0.29, 0.717) is 18.1 Å². The van der Waals surface area contributed by atoms with Crippen molar-refractivity contribution < 1.29 is 0 Å². The monoisotopic (exact) mass is 225 g/mol. The van der Waals surface area contributed by atoms with Crippen molar-refractivity contribution in [2.24, 2.45) is 10.9 Å². The normalized spacial score (nSPS) is 34.9. The number of nitrogens with one attached hydrogen (secondary N) is 2. The molecule has 0 radical (unpaired) electrons. The fraction of sp³-hybridized carbons (Fsp3) is 0.923. The van der Waals surface area contributed by atoms with E-state index in [9.17, 15) is 0 Å². The summed E-state index contributed by atoms with van der Waals surface area (Å²) in [5.74, 6) is 0.602. The van der Waals surface area contributed by atoms with Gasteiger partial charge < -0.3 is 0 Å². The van der Waals surface area contributed by atoms with Gasteiger partial charge in [0.15, 0.2) is 0 Å². The second-order valence-electron chi connectivity index (χ2n) is 4.88. The molecule has 0 aromatic carbocycles. The van der Waals surface area contributed by atoms with Gasteiger partial charge in [0.2, 0.25) is 0 Å². The third-order valence-electron chi connectivity index (χ3n) is 3.49. The zero-order valence-corrected chi connectivity index (χ0v) is 11.0. The molecule has 1 heterocycles. The Balaban J connectivity index is 2.62. The van der Waals surface area contributed by atoms with Crippen molar-refractivity contribution in [1.82, 2.24) is 10.6 Å². The molecule has 1 aliphatic heterocycles. The summed E-state index contributed by atoms with van der Waals surface area (Å²) in [6.45, 7) is 10.4. The molecule has 1 saturated heterocycles. The second kappa shape index (κ2) is 7.02. The van der Waals surface area contributed by atoms with Gasteiger partial charge in [-0.3, -0.25) is 15.6 Å². The maximum absolute atomic E-state index is 4.26. The highest BCUT2D eigenvalue weighted by atomic mass is 15.2. The zero-order valence-electron chi connectivity index (χ0n) is 11.0. The van der Waals surface area contributed by atoms with E-state index in [0.717, 1.165) is 0 Å². The largest absolute Gasteiger partial charge is 0.299 e. The quantitative estimate of drug-likeness (QED) is 0.682. The van der Waals surface area contributed by atoms with Gasteiger partial charge in [-0.15, -0.1) is 0 Å². The Morgan fingerprint density at radius 3 is 2.44 bits per heavy atom. The minimum absolute atomic E-state index is 0.234. The maximum Gasteiger partial charge on any atom is 0.104 e. The molecule has 0 aromatic rings. The topological polar surface area (TPSA) is 36.4 Å². The Labute approximate surface area is 100 Å². The summed E-state index contributed by atoms with van der Waals surface area (Å²) in [6.07, 6.45) is 6.86. The summed E-state index contributed by atoms with van der Waals surface area (Å²) in [6, 6.07) is 0.603. The summed E-state index contributed by atoms with van der Waals surface area (Å²) in [5.41, 5.74) is 0. The molecule has 4 unspecified atom stereocenters. The number of hydrogen-bond donors (Lipinski definition) is 2. The lowest BCUT2D eigenvalue weighted by molar-refractivity contribution is 0.154. The first kappa shape index (κ1) is 13.7. The van der Waals surface area contributed by atoms with E-state index in [4.69, 9.17) is 0 Å². The molecular formula is C13H27N3. The molecule has 3 nitrogen and oxygen atoms in total. The molecule has 0 saturated carbocycles. The summed E-state index contributed by atoms with van der Waals surface area (Å²) >= 11 is 0. The highest BCUT2D eigenvalue weighted by molar-refractivity contribution is 5.24. The standard InChI is InChI=1S/C13H27N3/c1-5-7-9-12-11(8-6-2)13(14-4)16-10(3)15-12/h10-13,15-16H,4-9H2,1-3H3. The van der Waals surface area contributed by atoms with Gasteiger partial charge in [0.05, 0.1) is 6.17 Å². The van der Waals surface area contributed by atoms with E-state index in [1.54, 1.807) is 0 Å². The Morgan fingerprint density at radius 2 is 1.88 bits per heavy atom. The molecule has 1 rings (SSSR count). The Morgan fingerprint density at radius 1 is 1.12 bits per heavy atom. The first-order valence-corrected chi connectivity index (χ1v) is 6.70. The van der Waals surface area contributed by atoms with Crippen LogP contribution in [0.3, 0.4) is 0 Å². The summed E-state index contributed by atoms with van der Waals surface area (Å²) < 4.78 is 0. The molecule has 1 aliphatic rings. The van der Waals surface area contributed by atoms with Crippen LogP contribution in [0.4, 0.5) is 0 Å². The van der Waals surface area contributed by atoms with Crippen molar-refractivity contribution in [2.45, 2.75) is 71.2 Å². The fourth-order valence-electron chi connectivity index (χ4n) is 2.69. The van der Waals surface area contributed by atoms with Gasteiger partial charge in [0, 0.05) is 12.0 Å². The van der Waals surface area contributed by atoms with Crippen LogP contribution in [0.15, 0.2) is 4.99 Å². The third kappa shape index (κ3) is 3.56. The first-order chi connectivity index (χ1) is 7.72. The third-order valence-corrected chi connectivity index (χ3v) is 3.49. The molecule has 0 amide bonds. The van der Waals surface area contributed by atoms with Gasteiger partial charge in [-0.25, -0.2) is 0 Å². The molecular weight excluding hydrogens is 198 g/mol. The number of rotatable bonds is 6. The average molecular weight is 225 g/mol. The van der Waals surface area contributed by atoms with E-state index < -0.39 is 0 Å². The van der Waals surface area contributed by atoms with E-state index in [-0.39, 0.29) is 6.17 Å². The van der Waals surface area contributed by atoms with Crippen molar-refractivity contribution in [1.29, 1.82) is 0 Å². The molecule has 0 aliphatic carbocycles. The molecule has 94 valence electrons. The van der Waals surface area contributed by atoms with Crippen LogP contribution in [0.25, 0.3) is 0 Å². The number of aliphatic imine (C=N–C) groups is 1. The molecule has 3 heteroatoms. The Hall–Kier alpha value is -0.410. The Kier molecular flexibility index (Phi) is 5.99. The molecule has 2 N–H and O–H groups in total. The van der Waals surface area contributed by atoms with Crippen LogP contribution in [0.5, 0.6) is 0 Å². The van der Waals surface area contributed by atoms with Crippen LogP contribution in [-0.4, -0.2) is 25.1 Å². The van der Waals surface area contributed by atoms with Crippen molar-refractivity contribution >= 4 is 6.72 Å². The van der Waals surface area contributed by atoms with Crippen molar-refractivity contribution in [3.8, 4) is 0 Å². The van der Waals surface area contributed by atoms with Crippen molar-refractivity contribution in [3.05, 3.63) is 0 Å². The van der Waals surface area contributed by atoms with E-state index in [1.807, 2.05) is 0 Å². The van der Waals surface area contributed by atoms with Crippen LogP contribution >= 0.6 is 0 Å². The summed E-state index contributed by atoms with van der Waals surface area (Å²) in [4.78, 5) is 4.26. The van der Waals surface area contributed by atoms with Crippen molar-refractivity contribution in [2.75, 3.05) is 0 Å². The number of nitrogens with zero attached hydrogens (tertiary/aromatic N) is 1. The van der Waals surface area contributed by atoms with Crippen LogP contribution < -0.4 is 10.6 Å². The van der Waals surface area contributed by atoms with Gasteiger partial charge in [-0.1, -0.05) is 33.1 Å². The molecule has 4 atom stereocenters. The van der Waals surface area contributed by atoms with Crippen LogP contribution in [0, 0.1) is 5.92 Å². The average Bonchev–Trinajstić information content (AvgIpc) is 2.29. The minimum atomic E-state index is 0.234. The van der Waals surface area contributed by atoms with Crippen LogP contribution in [-0.2, 0) is 0 Å².